The maximum Gasteiger partial charge on any atom is 0.126 e. The number of hydrogen-bond acceptors (Lipinski definition) is 2. The van der Waals surface area contributed by atoms with E-state index >= 15 is 0 Å². The summed E-state index contributed by atoms with van der Waals surface area (Å²) in [6.07, 6.45) is 0. The number of fused-ring (bicyclic) bond motifs is 1. The lowest BCUT2D eigenvalue weighted by Crippen LogP contribution is -1.94. The predicted octanol–water partition coefficient (Wildman–Crippen LogP) is 6.30. The van der Waals surface area contributed by atoms with Crippen molar-refractivity contribution in [3.8, 4) is 22.4 Å². The van der Waals surface area contributed by atoms with Crippen molar-refractivity contribution < 1.29 is 0 Å². The Labute approximate surface area is 149 Å². The topological polar surface area (TPSA) is 25.8 Å². The third-order valence-electron chi connectivity index (χ3n) is 3.96. The van der Waals surface area contributed by atoms with Gasteiger partial charge in [-0.05, 0) is 30.2 Å². The second-order valence-corrected chi connectivity index (χ2v) is 5.58. The van der Waals surface area contributed by atoms with Gasteiger partial charge >= 0.3 is 0 Å². The fraction of sp³-hybridized carbons (Fsp3) is 0.130. The van der Waals surface area contributed by atoms with Gasteiger partial charge in [-0.25, -0.2) is 9.97 Å². The zero-order valence-corrected chi connectivity index (χ0v) is 14.9. The number of para-hydroxylation sites is 1. The van der Waals surface area contributed by atoms with Crippen LogP contribution in [-0.2, 0) is 0 Å². The highest BCUT2D eigenvalue weighted by atomic mass is 14.9. The number of aromatic nitrogens is 2. The number of benzene rings is 3. The lowest BCUT2D eigenvalue weighted by atomic mass is 10.00. The van der Waals surface area contributed by atoms with E-state index < -0.39 is 0 Å². The maximum atomic E-state index is 4.70. The largest absolute Gasteiger partial charge is 0.233 e. The molecular weight excluding hydrogens is 304 g/mol. The summed E-state index contributed by atoms with van der Waals surface area (Å²) in [6, 6.07) is 27.1. The van der Waals surface area contributed by atoms with Gasteiger partial charge in [0.05, 0.1) is 11.2 Å². The van der Waals surface area contributed by atoms with Gasteiger partial charge in [0.25, 0.3) is 0 Å². The van der Waals surface area contributed by atoms with E-state index in [2.05, 4.69) is 59.6 Å². The molecule has 1 heterocycles. The van der Waals surface area contributed by atoms with Crippen LogP contribution in [0.3, 0.4) is 0 Å². The summed E-state index contributed by atoms with van der Waals surface area (Å²) in [7, 11) is 0. The van der Waals surface area contributed by atoms with Gasteiger partial charge in [-0.15, -0.1) is 0 Å². The summed E-state index contributed by atoms with van der Waals surface area (Å²) in [5.74, 6) is 0.795. The van der Waals surface area contributed by atoms with Crippen molar-refractivity contribution in [1.82, 2.24) is 9.97 Å². The van der Waals surface area contributed by atoms with Crippen LogP contribution in [0, 0.1) is 6.92 Å². The molecule has 0 saturated carbocycles. The molecule has 2 heteroatoms. The molecule has 0 bridgehead atoms. The zero-order valence-electron chi connectivity index (χ0n) is 14.9. The van der Waals surface area contributed by atoms with Gasteiger partial charge in [-0.2, -0.15) is 0 Å². The monoisotopic (exact) mass is 326 g/mol. The molecule has 2 nitrogen and oxygen atoms in total. The summed E-state index contributed by atoms with van der Waals surface area (Å²) in [6.45, 7) is 5.94. The van der Waals surface area contributed by atoms with Crippen molar-refractivity contribution in [2.45, 2.75) is 20.8 Å². The standard InChI is InChI=1S/C21H16N2.C2H6/c1-15-22-20-13-6-5-12-19(20)21(23-15)18-11-7-10-17(14-18)16-8-3-2-4-9-16;1-2/h2-14H,1H3;1-2H3. The van der Waals surface area contributed by atoms with Gasteiger partial charge in [-0.1, -0.05) is 80.6 Å². The predicted molar refractivity (Wildman–Crippen MR) is 106 cm³/mol. The first-order chi connectivity index (χ1) is 12.3. The Morgan fingerprint density at radius 1 is 0.600 bits per heavy atom. The molecule has 124 valence electrons. The van der Waals surface area contributed by atoms with E-state index in [-0.39, 0.29) is 0 Å². The molecule has 0 spiro atoms. The van der Waals surface area contributed by atoms with E-state index in [1.807, 2.05) is 45.0 Å². The van der Waals surface area contributed by atoms with Gasteiger partial charge in [0.15, 0.2) is 0 Å². The van der Waals surface area contributed by atoms with E-state index in [1.165, 1.54) is 11.1 Å². The Morgan fingerprint density at radius 3 is 2.04 bits per heavy atom. The van der Waals surface area contributed by atoms with Crippen molar-refractivity contribution in [3.05, 3.63) is 84.7 Å². The Hall–Kier alpha value is -3.00. The Balaban J connectivity index is 0.000000880. The third-order valence-corrected chi connectivity index (χ3v) is 3.96. The third kappa shape index (κ3) is 3.58. The molecule has 4 aromatic rings. The van der Waals surface area contributed by atoms with Crippen molar-refractivity contribution >= 4 is 10.9 Å². The Bertz CT molecular complexity index is 975. The smallest absolute Gasteiger partial charge is 0.126 e. The minimum atomic E-state index is 0.795. The van der Waals surface area contributed by atoms with Crippen LogP contribution < -0.4 is 0 Å². The van der Waals surface area contributed by atoms with Crippen molar-refractivity contribution in [1.29, 1.82) is 0 Å². The van der Waals surface area contributed by atoms with Crippen LogP contribution in [0.2, 0.25) is 0 Å². The van der Waals surface area contributed by atoms with Crippen LogP contribution in [0.15, 0.2) is 78.9 Å². The highest BCUT2D eigenvalue weighted by molar-refractivity contribution is 5.93. The van der Waals surface area contributed by atoms with Gasteiger partial charge in [0.2, 0.25) is 0 Å². The average molecular weight is 326 g/mol. The first-order valence-corrected chi connectivity index (χ1v) is 8.70. The normalized spacial score (nSPS) is 10.2. The van der Waals surface area contributed by atoms with Crippen LogP contribution in [0.5, 0.6) is 0 Å². The molecule has 0 unspecified atom stereocenters. The lowest BCUT2D eigenvalue weighted by molar-refractivity contribution is 1.10. The van der Waals surface area contributed by atoms with E-state index in [4.69, 9.17) is 4.98 Å². The van der Waals surface area contributed by atoms with E-state index in [9.17, 15) is 0 Å². The molecule has 3 aromatic carbocycles. The average Bonchev–Trinajstić information content (AvgIpc) is 2.69. The molecule has 0 aliphatic heterocycles. The molecule has 1 aromatic heterocycles. The van der Waals surface area contributed by atoms with Gasteiger partial charge in [0.1, 0.15) is 5.82 Å². The van der Waals surface area contributed by atoms with Crippen molar-refractivity contribution in [2.24, 2.45) is 0 Å². The number of rotatable bonds is 2. The summed E-state index contributed by atoms with van der Waals surface area (Å²) >= 11 is 0. The molecule has 0 saturated heterocycles. The number of hydrogen-bond donors (Lipinski definition) is 0. The quantitative estimate of drug-likeness (QED) is 0.432. The molecule has 25 heavy (non-hydrogen) atoms. The SMILES string of the molecule is CC.Cc1nc(-c2cccc(-c3ccccc3)c2)c2ccccc2n1. The van der Waals surface area contributed by atoms with Crippen LogP contribution in [0.4, 0.5) is 0 Å². The molecule has 0 aliphatic rings. The number of aryl methyl sites for hydroxylation is 1. The Kier molecular flexibility index (Phi) is 5.20. The molecule has 0 atom stereocenters. The first kappa shape index (κ1) is 16.8. The van der Waals surface area contributed by atoms with E-state index in [1.54, 1.807) is 0 Å². The first-order valence-electron chi connectivity index (χ1n) is 8.70. The molecule has 4 rings (SSSR count). The molecule has 0 aliphatic carbocycles. The van der Waals surface area contributed by atoms with E-state index in [0.717, 1.165) is 28.0 Å². The van der Waals surface area contributed by atoms with Gasteiger partial charge in [0, 0.05) is 10.9 Å². The minimum Gasteiger partial charge on any atom is -0.233 e. The fourth-order valence-electron chi connectivity index (χ4n) is 2.89. The van der Waals surface area contributed by atoms with Crippen molar-refractivity contribution in [3.63, 3.8) is 0 Å². The van der Waals surface area contributed by atoms with Gasteiger partial charge < -0.3 is 0 Å². The summed E-state index contributed by atoms with van der Waals surface area (Å²) < 4.78 is 0. The summed E-state index contributed by atoms with van der Waals surface area (Å²) in [5.41, 5.74) is 5.51. The lowest BCUT2D eigenvalue weighted by Gasteiger charge is -2.09. The molecule has 0 radical (unpaired) electrons. The zero-order chi connectivity index (χ0) is 17.6. The highest BCUT2D eigenvalue weighted by Gasteiger charge is 2.08. The molecule has 0 N–H and O–H groups in total. The van der Waals surface area contributed by atoms with Crippen LogP contribution >= 0.6 is 0 Å². The Morgan fingerprint density at radius 2 is 1.24 bits per heavy atom. The summed E-state index contributed by atoms with van der Waals surface area (Å²) in [5, 5.41) is 1.09. The van der Waals surface area contributed by atoms with Crippen LogP contribution in [0.25, 0.3) is 33.3 Å². The van der Waals surface area contributed by atoms with E-state index in [0.29, 0.717) is 0 Å². The second kappa shape index (κ2) is 7.71. The molecule has 0 fully saturated rings. The van der Waals surface area contributed by atoms with Crippen molar-refractivity contribution in [2.75, 3.05) is 0 Å². The number of nitrogens with zero attached hydrogens (tertiary/aromatic N) is 2. The minimum absolute atomic E-state index is 0.795. The summed E-state index contributed by atoms with van der Waals surface area (Å²) in [4.78, 5) is 9.23. The van der Waals surface area contributed by atoms with Crippen LogP contribution in [0.1, 0.15) is 19.7 Å². The van der Waals surface area contributed by atoms with Crippen LogP contribution in [-0.4, -0.2) is 9.97 Å². The highest BCUT2D eigenvalue weighted by Crippen LogP contribution is 2.29. The van der Waals surface area contributed by atoms with Gasteiger partial charge in [-0.3, -0.25) is 0 Å². The molecular formula is C23H22N2. The maximum absolute atomic E-state index is 4.70. The molecule has 0 amide bonds. The second-order valence-electron chi connectivity index (χ2n) is 5.58. The fourth-order valence-corrected chi connectivity index (χ4v) is 2.89.